The van der Waals surface area contributed by atoms with Crippen molar-refractivity contribution in [3.8, 4) is 0 Å². The molecule has 12 heteroatoms. The minimum atomic E-state index is -1.15. The monoisotopic (exact) mass is 700 g/mol. The lowest BCUT2D eigenvalue weighted by atomic mass is 10.2. The third-order valence-corrected chi connectivity index (χ3v) is 5.61. The molecule has 3 N–H and O–H groups in total. The van der Waals surface area contributed by atoms with Crippen LogP contribution in [0.15, 0.2) is 60.7 Å². The SMILES string of the molecule is CC(C)(C)OC(=O)[C@H](CI)NC(=O)OCc1ccccc1.CC(C)(C)OC(=O)[C@H](CO)NC(=O)OCc1ccccc1. The highest BCUT2D eigenvalue weighted by Crippen LogP contribution is 2.11. The zero-order chi connectivity index (χ0) is 31.8. The predicted octanol–water partition coefficient (Wildman–Crippen LogP) is 4.67. The first-order valence-corrected chi connectivity index (χ1v) is 14.7. The normalized spacial score (nSPS) is 12.4. The number of amides is 2. The van der Waals surface area contributed by atoms with Crippen molar-refractivity contribution < 1.29 is 43.2 Å². The van der Waals surface area contributed by atoms with Crippen LogP contribution in [-0.4, -0.2) is 63.6 Å². The Labute approximate surface area is 260 Å². The molecule has 232 valence electrons. The maximum Gasteiger partial charge on any atom is 0.408 e. The molecule has 0 fully saturated rings. The van der Waals surface area contributed by atoms with Gasteiger partial charge in [0.05, 0.1) is 6.61 Å². The summed E-state index contributed by atoms with van der Waals surface area (Å²) in [6, 6.07) is 16.6. The second-order valence-electron chi connectivity index (χ2n) is 10.9. The number of nitrogens with one attached hydrogen (secondary N) is 2. The number of aliphatic hydroxyl groups is 1. The summed E-state index contributed by atoms with van der Waals surface area (Å²) >= 11 is 2.02. The maximum absolute atomic E-state index is 11.9. The number of carbonyl (C=O) groups excluding carboxylic acids is 4. The molecule has 11 nitrogen and oxygen atoms in total. The molecule has 2 amide bonds. The molecule has 0 heterocycles. The molecule has 0 radical (unpaired) electrons. The van der Waals surface area contributed by atoms with Gasteiger partial charge in [0.1, 0.15) is 30.5 Å². The molecule has 2 rings (SSSR count). The summed E-state index contributed by atoms with van der Waals surface area (Å²) in [6.07, 6.45) is -1.42. The van der Waals surface area contributed by atoms with E-state index in [9.17, 15) is 19.2 Å². The van der Waals surface area contributed by atoms with Crippen LogP contribution in [0.2, 0.25) is 0 Å². The molecule has 0 aliphatic heterocycles. The molecule has 0 aliphatic carbocycles. The Balaban J connectivity index is 0.000000420. The summed E-state index contributed by atoms with van der Waals surface area (Å²) in [5, 5.41) is 13.9. The van der Waals surface area contributed by atoms with Crippen LogP contribution in [0.5, 0.6) is 0 Å². The van der Waals surface area contributed by atoms with Gasteiger partial charge in [-0.15, -0.1) is 0 Å². The maximum atomic E-state index is 11.9. The van der Waals surface area contributed by atoms with Gasteiger partial charge in [-0.2, -0.15) is 0 Å². The largest absolute Gasteiger partial charge is 0.458 e. The van der Waals surface area contributed by atoms with E-state index in [0.29, 0.717) is 4.43 Å². The zero-order valence-corrected chi connectivity index (χ0v) is 27.0. The number of halogens is 1. The average molecular weight is 701 g/mol. The van der Waals surface area contributed by atoms with Gasteiger partial charge < -0.3 is 34.7 Å². The Morgan fingerprint density at radius 3 is 1.38 bits per heavy atom. The third-order valence-electron chi connectivity index (χ3n) is 4.73. The molecular formula is C30H41IN2O9. The van der Waals surface area contributed by atoms with E-state index >= 15 is 0 Å². The topological polar surface area (TPSA) is 149 Å². The van der Waals surface area contributed by atoms with Crippen molar-refractivity contribution >= 4 is 46.7 Å². The lowest BCUT2D eigenvalue weighted by Crippen LogP contribution is -2.46. The molecule has 2 aromatic carbocycles. The predicted molar refractivity (Wildman–Crippen MR) is 165 cm³/mol. The van der Waals surface area contributed by atoms with Crippen molar-refractivity contribution in [3.63, 3.8) is 0 Å². The van der Waals surface area contributed by atoms with Crippen LogP contribution in [0.1, 0.15) is 52.7 Å². The minimum absolute atomic E-state index is 0.0825. The van der Waals surface area contributed by atoms with Crippen LogP contribution in [0.25, 0.3) is 0 Å². The standard InChI is InChI=1S/C15H20INO4.C15H21NO5/c1-15(2,3)21-13(18)12(9-16)17-14(19)20-10-11-7-5-4-6-8-11;1-15(2,3)21-13(18)12(9-17)16-14(19)20-10-11-7-5-4-6-8-11/h4-8,12H,9-10H2,1-3H3,(H,17,19);4-8,12,17H,9-10H2,1-3H3,(H,16,19)/t2*12-/m00/s1. The van der Waals surface area contributed by atoms with Gasteiger partial charge in [0.15, 0.2) is 6.04 Å². The van der Waals surface area contributed by atoms with E-state index < -0.39 is 54.0 Å². The average Bonchev–Trinajstić information content (AvgIpc) is 2.92. The molecule has 42 heavy (non-hydrogen) atoms. The number of rotatable bonds is 10. The number of alkyl carbamates (subject to hydrolysis) is 2. The highest BCUT2D eigenvalue weighted by Gasteiger charge is 2.27. The first kappa shape index (κ1) is 36.6. The van der Waals surface area contributed by atoms with Crippen LogP contribution in [0.4, 0.5) is 9.59 Å². The molecular weight excluding hydrogens is 659 g/mol. The van der Waals surface area contributed by atoms with Gasteiger partial charge in [0, 0.05) is 4.43 Å². The van der Waals surface area contributed by atoms with Crippen molar-refractivity contribution in [2.24, 2.45) is 0 Å². The van der Waals surface area contributed by atoms with Gasteiger partial charge in [0.2, 0.25) is 0 Å². The lowest BCUT2D eigenvalue weighted by Gasteiger charge is -2.23. The first-order chi connectivity index (χ1) is 19.6. The van der Waals surface area contributed by atoms with Gasteiger partial charge in [-0.1, -0.05) is 83.3 Å². The Bertz CT molecular complexity index is 1030. The van der Waals surface area contributed by atoms with E-state index in [1.807, 2.05) is 83.3 Å². The fourth-order valence-corrected chi connectivity index (χ4v) is 3.48. The summed E-state index contributed by atoms with van der Waals surface area (Å²) in [6.45, 7) is 10.1. The number of aliphatic hydroxyl groups excluding tert-OH is 1. The van der Waals surface area contributed by atoms with Gasteiger partial charge in [-0.25, -0.2) is 19.2 Å². The Morgan fingerprint density at radius 2 is 1.05 bits per heavy atom. The molecule has 0 aromatic heterocycles. The van der Waals surface area contributed by atoms with Crippen LogP contribution >= 0.6 is 22.6 Å². The number of hydrogen-bond donors (Lipinski definition) is 3. The smallest absolute Gasteiger partial charge is 0.408 e. The van der Waals surface area contributed by atoms with Gasteiger partial charge in [-0.3, -0.25) is 0 Å². The third kappa shape index (κ3) is 16.8. The van der Waals surface area contributed by atoms with E-state index in [-0.39, 0.29) is 13.2 Å². The van der Waals surface area contributed by atoms with Crippen LogP contribution in [-0.2, 0) is 41.8 Å². The van der Waals surface area contributed by atoms with Crippen LogP contribution in [0, 0.1) is 0 Å². The summed E-state index contributed by atoms with van der Waals surface area (Å²) in [5.41, 5.74) is 0.429. The van der Waals surface area contributed by atoms with E-state index in [4.69, 9.17) is 24.1 Å². The summed E-state index contributed by atoms with van der Waals surface area (Å²) in [5.74, 6) is -1.17. The molecule has 0 saturated heterocycles. The highest BCUT2D eigenvalue weighted by molar-refractivity contribution is 14.1. The number of esters is 2. The molecule has 0 bridgehead atoms. The van der Waals surface area contributed by atoms with E-state index in [1.165, 1.54) is 0 Å². The van der Waals surface area contributed by atoms with Crippen molar-refractivity contribution in [1.82, 2.24) is 10.6 Å². The number of alkyl halides is 1. The van der Waals surface area contributed by atoms with E-state index in [1.54, 1.807) is 41.5 Å². The molecule has 2 aromatic rings. The van der Waals surface area contributed by atoms with E-state index in [2.05, 4.69) is 10.6 Å². The first-order valence-electron chi connectivity index (χ1n) is 13.2. The summed E-state index contributed by atoms with van der Waals surface area (Å²) in [7, 11) is 0. The van der Waals surface area contributed by atoms with Crippen LogP contribution < -0.4 is 10.6 Å². The highest BCUT2D eigenvalue weighted by atomic mass is 127. The lowest BCUT2D eigenvalue weighted by molar-refractivity contribution is -0.158. The number of carbonyl (C=O) groups is 4. The molecule has 0 unspecified atom stereocenters. The van der Waals surface area contributed by atoms with Crippen molar-refractivity contribution in [3.05, 3.63) is 71.8 Å². The summed E-state index contributed by atoms with van der Waals surface area (Å²) < 4.78 is 20.8. The Kier molecular flexibility index (Phi) is 15.9. The van der Waals surface area contributed by atoms with Crippen molar-refractivity contribution in [1.29, 1.82) is 0 Å². The molecule has 0 aliphatic rings. The fourth-order valence-electron chi connectivity index (χ4n) is 2.90. The Morgan fingerprint density at radius 1 is 0.690 bits per heavy atom. The van der Waals surface area contributed by atoms with Gasteiger partial charge in [0.25, 0.3) is 0 Å². The zero-order valence-electron chi connectivity index (χ0n) is 24.8. The molecule has 0 spiro atoms. The molecule has 2 atom stereocenters. The van der Waals surface area contributed by atoms with E-state index in [0.717, 1.165) is 11.1 Å². The summed E-state index contributed by atoms with van der Waals surface area (Å²) in [4.78, 5) is 47.0. The number of benzene rings is 2. The van der Waals surface area contributed by atoms with Gasteiger partial charge in [-0.05, 0) is 52.7 Å². The number of hydrogen-bond acceptors (Lipinski definition) is 9. The van der Waals surface area contributed by atoms with Gasteiger partial charge >= 0.3 is 24.1 Å². The van der Waals surface area contributed by atoms with Crippen molar-refractivity contribution in [2.75, 3.05) is 11.0 Å². The van der Waals surface area contributed by atoms with Crippen molar-refractivity contribution in [2.45, 2.75) is 78.0 Å². The minimum Gasteiger partial charge on any atom is -0.458 e. The van der Waals surface area contributed by atoms with Crippen LogP contribution in [0.3, 0.4) is 0 Å². The fraction of sp³-hybridized carbons (Fsp3) is 0.467. The number of ether oxygens (including phenoxy) is 4. The molecule has 0 saturated carbocycles. The second-order valence-corrected chi connectivity index (χ2v) is 11.8. The second kappa shape index (κ2) is 18.2. The Hall–Kier alpha value is -3.39. The quantitative estimate of drug-likeness (QED) is 0.139.